The maximum atomic E-state index is 12.2. The summed E-state index contributed by atoms with van der Waals surface area (Å²) in [5.74, 6) is 0. The lowest BCUT2D eigenvalue weighted by Gasteiger charge is -2.12. The van der Waals surface area contributed by atoms with E-state index in [2.05, 4.69) is 9.71 Å². The Morgan fingerprint density at radius 2 is 2.10 bits per heavy atom. The Hall–Kier alpha value is -1.28. The third-order valence-corrected chi connectivity index (χ3v) is 5.41. The van der Waals surface area contributed by atoms with E-state index < -0.39 is 10.0 Å². The minimum atomic E-state index is -3.66. The second kappa shape index (κ2) is 6.01. The lowest BCUT2D eigenvalue weighted by Crippen LogP contribution is -2.27. The number of thiophene rings is 1. The van der Waals surface area contributed by atoms with Crippen LogP contribution in [0.5, 0.6) is 0 Å². The molecule has 0 bridgehead atoms. The van der Waals surface area contributed by atoms with Crippen molar-refractivity contribution in [1.82, 2.24) is 9.71 Å². The first-order valence-corrected chi connectivity index (χ1v) is 8.37. The number of nitrogens with one attached hydrogen (secondary N) is 1. The number of aliphatic hydroxyl groups excluding tert-OH is 1. The van der Waals surface area contributed by atoms with Gasteiger partial charge in [0.05, 0.1) is 12.6 Å². The van der Waals surface area contributed by atoms with Crippen molar-refractivity contribution < 1.29 is 13.5 Å². The van der Waals surface area contributed by atoms with Crippen LogP contribution >= 0.6 is 11.3 Å². The number of nitrogens with zero attached hydrogens (tertiary/aromatic N) is 1. The Balaban J connectivity index is 2.17. The number of aryl methyl sites for hydroxylation is 1. The molecule has 2 N–H and O–H groups in total. The average Bonchev–Trinajstić information content (AvgIpc) is 2.85. The molecule has 0 fully saturated rings. The van der Waals surface area contributed by atoms with Gasteiger partial charge in [0.2, 0.25) is 0 Å². The number of aromatic nitrogens is 1. The molecule has 2 heterocycles. The van der Waals surface area contributed by atoms with E-state index in [9.17, 15) is 8.42 Å². The molecular formula is C13H16N2O3S2. The standard InChI is InChI=1S/C13H16N2O3S2/c1-9-3-5-12(19-9)10(2)15-20(17,18)13-6-4-11(8-16)7-14-13/h3-7,10,15-16H,8H2,1-2H3. The molecule has 2 aromatic heterocycles. The van der Waals surface area contributed by atoms with E-state index in [4.69, 9.17) is 5.11 Å². The predicted octanol–water partition coefficient (Wildman–Crippen LogP) is 1.98. The Bertz CT molecular complexity index is 678. The fourth-order valence-electron chi connectivity index (χ4n) is 1.70. The van der Waals surface area contributed by atoms with E-state index in [0.717, 1.165) is 9.75 Å². The Morgan fingerprint density at radius 3 is 2.60 bits per heavy atom. The van der Waals surface area contributed by atoms with Gasteiger partial charge in [-0.25, -0.2) is 18.1 Å². The Kier molecular flexibility index (Phi) is 4.54. The van der Waals surface area contributed by atoms with Crippen LogP contribution in [-0.4, -0.2) is 18.5 Å². The van der Waals surface area contributed by atoms with Crippen molar-refractivity contribution in [3.05, 3.63) is 45.8 Å². The monoisotopic (exact) mass is 312 g/mol. The van der Waals surface area contributed by atoms with E-state index >= 15 is 0 Å². The third kappa shape index (κ3) is 3.43. The van der Waals surface area contributed by atoms with Crippen LogP contribution in [0.3, 0.4) is 0 Å². The molecule has 0 aromatic carbocycles. The molecular weight excluding hydrogens is 296 g/mol. The van der Waals surface area contributed by atoms with Gasteiger partial charge in [0.25, 0.3) is 10.0 Å². The van der Waals surface area contributed by atoms with Crippen molar-refractivity contribution in [2.45, 2.75) is 31.5 Å². The summed E-state index contributed by atoms with van der Waals surface area (Å²) in [6.07, 6.45) is 1.36. The van der Waals surface area contributed by atoms with E-state index in [-0.39, 0.29) is 17.7 Å². The molecule has 1 unspecified atom stereocenters. The van der Waals surface area contributed by atoms with E-state index in [1.807, 2.05) is 19.1 Å². The zero-order valence-electron chi connectivity index (χ0n) is 11.2. The van der Waals surface area contributed by atoms with Gasteiger partial charge in [-0.15, -0.1) is 11.3 Å². The number of aliphatic hydroxyl groups is 1. The summed E-state index contributed by atoms with van der Waals surface area (Å²) in [6, 6.07) is 6.49. The van der Waals surface area contributed by atoms with Crippen molar-refractivity contribution >= 4 is 21.4 Å². The zero-order chi connectivity index (χ0) is 14.8. The number of pyridine rings is 1. The second-order valence-electron chi connectivity index (χ2n) is 4.45. The van der Waals surface area contributed by atoms with Gasteiger partial charge in [0, 0.05) is 16.0 Å². The number of rotatable bonds is 5. The molecule has 0 aliphatic rings. The van der Waals surface area contributed by atoms with Crippen molar-refractivity contribution in [2.75, 3.05) is 0 Å². The largest absolute Gasteiger partial charge is 0.392 e. The van der Waals surface area contributed by atoms with Crippen molar-refractivity contribution in [3.8, 4) is 0 Å². The van der Waals surface area contributed by atoms with Gasteiger partial charge in [0.1, 0.15) is 0 Å². The maximum Gasteiger partial charge on any atom is 0.258 e. The SMILES string of the molecule is Cc1ccc(C(C)NS(=O)(=O)c2ccc(CO)cn2)s1. The highest BCUT2D eigenvalue weighted by Gasteiger charge is 2.20. The lowest BCUT2D eigenvalue weighted by atomic mass is 10.3. The molecule has 0 radical (unpaired) electrons. The van der Waals surface area contributed by atoms with Gasteiger partial charge >= 0.3 is 0 Å². The van der Waals surface area contributed by atoms with Crippen LogP contribution in [0.2, 0.25) is 0 Å². The molecule has 20 heavy (non-hydrogen) atoms. The lowest BCUT2D eigenvalue weighted by molar-refractivity contribution is 0.281. The first kappa shape index (κ1) is 15.1. The molecule has 0 amide bonds. The van der Waals surface area contributed by atoms with E-state index in [0.29, 0.717) is 5.56 Å². The molecule has 5 nitrogen and oxygen atoms in total. The zero-order valence-corrected chi connectivity index (χ0v) is 12.8. The summed E-state index contributed by atoms with van der Waals surface area (Å²) in [4.78, 5) is 5.96. The number of hydrogen-bond acceptors (Lipinski definition) is 5. The van der Waals surface area contributed by atoms with Gasteiger partial charge < -0.3 is 5.11 Å². The fourth-order valence-corrected chi connectivity index (χ4v) is 3.81. The fraction of sp³-hybridized carbons (Fsp3) is 0.308. The molecule has 1 atom stereocenters. The van der Waals surface area contributed by atoms with Crippen LogP contribution in [0.1, 0.15) is 28.3 Å². The van der Waals surface area contributed by atoms with Crippen LogP contribution in [0.15, 0.2) is 35.5 Å². The third-order valence-electron chi connectivity index (χ3n) is 2.78. The van der Waals surface area contributed by atoms with Gasteiger partial charge in [0.15, 0.2) is 5.03 Å². The smallest absolute Gasteiger partial charge is 0.258 e. The summed E-state index contributed by atoms with van der Waals surface area (Å²) in [6.45, 7) is 3.61. The highest BCUT2D eigenvalue weighted by atomic mass is 32.2. The number of sulfonamides is 1. The molecule has 2 rings (SSSR count). The topological polar surface area (TPSA) is 79.3 Å². The van der Waals surface area contributed by atoms with Crippen LogP contribution in [0.4, 0.5) is 0 Å². The van der Waals surface area contributed by atoms with E-state index in [1.54, 1.807) is 24.3 Å². The highest BCUT2D eigenvalue weighted by molar-refractivity contribution is 7.89. The van der Waals surface area contributed by atoms with Gasteiger partial charge in [-0.3, -0.25) is 0 Å². The van der Waals surface area contributed by atoms with Crippen molar-refractivity contribution in [1.29, 1.82) is 0 Å². The molecule has 0 spiro atoms. The maximum absolute atomic E-state index is 12.2. The van der Waals surface area contributed by atoms with Crippen LogP contribution < -0.4 is 4.72 Å². The Morgan fingerprint density at radius 1 is 1.35 bits per heavy atom. The minimum Gasteiger partial charge on any atom is -0.392 e. The molecule has 0 aliphatic heterocycles. The first-order valence-electron chi connectivity index (χ1n) is 6.07. The van der Waals surface area contributed by atoms with Gasteiger partial charge in [-0.2, -0.15) is 0 Å². The first-order chi connectivity index (χ1) is 9.42. The minimum absolute atomic E-state index is 0.0465. The number of hydrogen-bond donors (Lipinski definition) is 2. The summed E-state index contributed by atoms with van der Waals surface area (Å²) in [7, 11) is -3.66. The van der Waals surface area contributed by atoms with E-state index in [1.165, 1.54) is 12.3 Å². The van der Waals surface area contributed by atoms with Gasteiger partial charge in [-0.05, 0) is 37.6 Å². The predicted molar refractivity (Wildman–Crippen MR) is 78.0 cm³/mol. The quantitative estimate of drug-likeness (QED) is 0.885. The summed E-state index contributed by atoms with van der Waals surface area (Å²) in [5, 5.41) is 8.88. The van der Waals surface area contributed by atoms with Gasteiger partial charge in [-0.1, -0.05) is 6.07 Å². The summed E-state index contributed by atoms with van der Waals surface area (Å²) in [5.41, 5.74) is 0.575. The molecule has 7 heteroatoms. The van der Waals surface area contributed by atoms with Crippen molar-refractivity contribution in [3.63, 3.8) is 0 Å². The van der Waals surface area contributed by atoms with Crippen LogP contribution in [-0.2, 0) is 16.6 Å². The van der Waals surface area contributed by atoms with Crippen LogP contribution in [0, 0.1) is 6.92 Å². The average molecular weight is 312 g/mol. The molecule has 0 saturated carbocycles. The molecule has 108 valence electrons. The second-order valence-corrected chi connectivity index (χ2v) is 7.43. The summed E-state index contributed by atoms with van der Waals surface area (Å²) >= 11 is 1.56. The molecule has 0 saturated heterocycles. The normalized spacial score (nSPS) is 13.3. The highest BCUT2D eigenvalue weighted by Crippen LogP contribution is 2.23. The van der Waals surface area contributed by atoms with Crippen molar-refractivity contribution in [2.24, 2.45) is 0 Å². The Labute approximate surface area is 122 Å². The molecule has 2 aromatic rings. The summed E-state index contributed by atoms with van der Waals surface area (Å²) < 4.78 is 27.0. The van der Waals surface area contributed by atoms with Crippen LogP contribution in [0.25, 0.3) is 0 Å². The molecule has 0 aliphatic carbocycles.